The van der Waals surface area contributed by atoms with Crippen molar-refractivity contribution in [1.82, 2.24) is 20.4 Å². The van der Waals surface area contributed by atoms with Gasteiger partial charge in [-0.1, -0.05) is 44.2 Å². The molecule has 0 spiro atoms. The van der Waals surface area contributed by atoms with Gasteiger partial charge in [-0.05, 0) is 32.9 Å². The zero-order valence-electron chi connectivity index (χ0n) is 18.5. The Bertz CT molecular complexity index is 637. The Morgan fingerprint density at radius 2 is 1.97 bits per heavy atom. The van der Waals surface area contributed by atoms with Gasteiger partial charge in [0.25, 0.3) is 0 Å². The minimum Gasteiger partial charge on any atom is -0.357 e. The summed E-state index contributed by atoms with van der Waals surface area (Å²) >= 11 is 0. The fourth-order valence-corrected chi connectivity index (χ4v) is 3.35. The van der Waals surface area contributed by atoms with E-state index in [1.54, 1.807) is 0 Å². The molecule has 1 aromatic rings. The zero-order valence-corrected chi connectivity index (χ0v) is 20.8. The molecular weight excluding hydrogens is 477 g/mol. The Balaban J connectivity index is 0.00000420. The van der Waals surface area contributed by atoms with E-state index in [0.717, 1.165) is 45.1 Å². The molecule has 6 nitrogen and oxygen atoms in total. The Labute approximate surface area is 193 Å². The number of nitrogens with one attached hydrogen (secondary N) is 2. The van der Waals surface area contributed by atoms with Crippen LogP contribution in [0.25, 0.3) is 0 Å². The molecule has 0 radical (unpaired) electrons. The highest BCUT2D eigenvalue weighted by Crippen LogP contribution is 2.13. The van der Waals surface area contributed by atoms with Crippen molar-refractivity contribution < 1.29 is 4.79 Å². The standard InChI is InChI=1S/C22H37N5O.HI/c1-6-23-22(25-20-12-13-27(16-20)21(28)17(2)3)24-14-18(4)26(5)15-19-10-8-7-9-11-19;/h7-11,17-18,20H,6,12-16H2,1-5H3,(H2,23,24,25);1H. The number of carbonyl (C=O) groups is 1. The smallest absolute Gasteiger partial charge is 0.225 e. The summed E-state index contributed by atoms with van der Waals surface area (Å²) in [4.78, 5) is 21.3. The molecule has 0 aromatic heterocycles. The van der Waals surface area contributed by atoms with Crippen molar-refractivity contribution in [1.29, 1.82) is 0 Å². The fourth-order valence-electron chi connectivity index (χ4n) is 3.35. The van der Waals surface area contributed by atoms with Crippen molar-refractivity contribution >= 4 is 35.8 Å². The number of likely N-dealkylation sites (N-methyl/N-ethyl adjacent to an activating group) is 1. The van der Waals surface area contributed by atoms with Gasteiger partial charge in [0.05, 0.1) is 6.54 Å². The molecule has 0 saturated carbocycles. The first-order valence-corrected chi connectivity index (χ1v) is 10.5. The normalized spacial score (nSPS) is 18.0. The summed E-state index contributed by atoms with van der Waals surface area (Å²) in [6.45, 7) is 12.2. The second-order valence-corrected chi connectivity index (χ2v) is 8.04. The molecule has 0 bridgehead atoms. The zero-order chi connectivity index (χ0) is 20.5. The van der Waals surface area contributed by atoms with E-state index in [4.69, 9.17) is 4.99 Å². The highest BCUT2D eigenvalue weighted by Gasteiger charge is 2.28. The summed E-state index contributed by atoms with van der Waals surface area (Å²) in [6, 6.07) is 11.1. The lowest BCUT2D eigenvalue weighted by Gasteiger charge is -2.24. The molecule has 1 aliphatic rings. The van der Waals surface area contributed by atoms with Gasteiger partial charge >= 0.3 is 0 Å². The van der Waals surface area contributed by atoms with Gasteiger partial charge in [0.1, 0.15) is 0 Å². The molecule has 2 unspecified atom stereocenters. The summed E-state index contributed by atoms with van der Waals surface area (Å²) < 4.78 is 0. The summed E-state index contributed by atoms with van der Waals surface area (Å²) in [5.41, 5.74) is 1.31. The monoisotopic (exact) mass is 515 g/mol. The van der Waals surface area contributed by atoms with Gasteiger partial charge in [0, 0.05) is 44.2 Å². The Morgan fingerprint density at radius 1 is 1.28 bits per heavy atom. The lowest BCUT2D eigenvalue weighted by atomic mass is 10.2. The van der Waals surface area contributed by atoms with Gasteiger partial charge in [-0.25, -0.2) is 0 Å². The Morgan fingerprint density at radius 3 is 2.59 bits per heavy atom. The van der Waals surface area contributed by atoms with Crippen LogP contribution < -0.4 is 10.6 Å². The van der Waals surface area contributed by atoms with Crippen molar-refractivity contribution in [2.75, 3.05) is 33.2 Å². The van der Waals surface area contributed by atoms with Crippen LogP contribution in [0, 0.1) is 5.92 Å². The van der Waals surface area contributed by atoms with Crippen LogP contribution in [0.3, 0.4) is 0 Å². The van der Waals surface area contributed by atoms with Crippen LogP contribution in [0.5, 0.6) is 0 Å². The van der Waals surface area contributed by atoms with E-state index in [1.807, 2.05) is 24.8 Å². The van der Waals surface area contributed by atoms with E-state index in [0.29, 0.717) is 6.04 Å². The van der Waals surface area contributed by atoms with E-state index < -0.39 is 0 Å². The minimum atomic E-state index is 0. The quantitative estimate of drug-likeness (QED) is 0.318. The predicted molar refractivity (Wildman–Crippen MR) is 132 cm³/mol. The molecule has 1 saturated heterocycles. The molecule has 1 aliphatic heterocycles. The number of carbonyl (C=O) groups excluding carboxylic acids is 1. The number of halogens is 1. The van der Waals surface area contributed by atoms with Gasteiger partial charge in [0.2, 0.25) is 5.91 Å². The van der Waals surface area contributed by atoms with Crippen LogP contribution in [0.4, 0.5) is 0 Å². The number of guanidine groups is 1. The van der Waals surface area contributed by atoms with Gasteiger partial charge in [-0.15, -0.1) is 24.0 Å². The Hall–Kier alpha value is -1.35. The van der Waals surface area contributed by atoms with E-state index in [-0.39, 0.29) is 41.8 Å². The molecule has 2 rings (SSSR count). The molecule has 29 heavy (non-hydrogen) atoms. The van der Waals surface area contributed by atoms with E-state index in [2.05, 4.69) is 60.7 Å². The van der Waals surface area contributed by atoms with E-state index >= 15 is 0 Å². The summed E-state index contributed by atoms with van der Waals surface area (Å²) in [5.74, 6) is 1.13. The average Bonchev–Trinajstić information content (AvgIpc) is 3.14. The number of hydrogen-bond donors (Lipinski definition) is 2. The third-order valence-corrected chi connectivity index (χ3v) is 5.22. The highest BCUT2D eigenvalue weighted by molar-refractivity contribution is 14.0. The van der Waals surface area contributed by atoms with E-state index in [1.165, 1.54) is 5.56 Å². The third-order valence-electron chi connectivity index (χ3n) is 5.22. The van der Waals surface area contributed by atoms with Gasteiger partial charge in [0.15, 0.2) is 5.96 Å². The number of amides is 1. The molecule has 1 aromatic carbocycles. The van der Waals surface area contributed by atoms with E-state index in [9.17, 15) is 4.79 Å². The number of rotatable bonds is 8. The maximum absolute atomic E-state index is 12.2. The fraction of sp³-hybridized carbons (Fsp3) is 0.636. The van der Waals surface area contributed by atoms with Crippen molar-refractivity contribution in [3.05, 3.63) is 35.9 Å². The first-order chi connectivity index (χ1) is 13.4. The lowest BCUT2D eigenvalue weighted by Crippen LogP contribution is -2.46. The minimum absolute atomic E-state index is 0. The topological polar surface area (TPSA) is 60.0 Å². The lowest BCUT2D eigenvalue weighted by molar-refractivity contribution is -0.133. The van der Waals surface area contributed by atoms with Gasteiger partial charge < -0.3 is 15.5 Å². The number of aliphatic imine (C=N–C) groups is 1. The molecule has 1 amide bonds. The molecule has 2 N–H and O–H groups in total. The third kappa shape index (κ3) is 8.50. The number of nitrogens with zero attached hydrogens (tertiary/aromatic N) is 3. The summed E-state index contributed by atoms with van der Waals surface area (Å²) in [7, 11) is 2.14. The molecule has 0 aliphatic carbocycles. The molecule has 2 atom stereocenters. The number of benzene rings is 1. The van der Waals surface area contributed by atoms with Gasteiger partial charge in [-0.2, -0.15) is 0 Å². The highest BCUT2D eigenvalue weighted by atomic mass is 127. The van der Waals surface area contributed by atoms with Crippen molar-refractivity contribution in [3.8, 4) is 0 Å². The van der Waals surface area contributed by atoms with Crippen molar-refractivity contribution in [2.45, 2.75) is 52.7 Å². The summed E-state index contributed by atoms with van der Waals surface area (Å²) in [6.07, 6.45) is 0.965. The Kier molecular flexibility index (Phi) is 11.6. The molecule has 164 valence electrons. The molecular formula is C22H38IN5O. The molecule has 7 heteroatoms. The van der Waals surface area contributed by atoms with Crippen LogP contribution in [-0.2, 0) is 11.3 Å². The van der Waals surface area contributed by atoms with Crippen LogP contribution in [-0.4, -0.2) is 67.0 Å². The number of likely N-dealkylation sites (tertiary alicyclic amines) is 1. The van der Waals surface area contributed by atoms with Gasteiger partial charge in [-0.3, -0.25) is 14.7 Å². The first-order valence-electron chi connectivity index (χ1n) is 10.5. The summed E-state index contributed by atoms with van der Waals surface area (Å²) in [5, 5.41) is 6.85. The maximum atomic E-state index is 12.2. The average molecular weight is 515 g/mol. The van der Waals surface area contributed by atoms with Crippen LogP contribution in [0.15, 0.2) is 35.3 Å². The second-order valence-electron chi connectivity index (χ2n) is 8.04. The predicted octanol–water partition coefficient (Wildman–Crippen LogP) is 2.94. The number of hydrogen-bond acceptors (Lipinski definition) is 3. The molecule has 1 heterocycles. The molecule has 1 fully saturated rings. The van der Waals surface area contributed by atoms with Crippen LogP contribution in [0.2, 0.25) is 0 Å². The first kappa shape index (κ1) is 25.7. The largest absolute Gasteiger partial charge is 0.357 e. The van der Waals surface area contributed by atoms with Crippen LogP contribution in [0.1, 0.15) is 39.7 Å². The van der Waals surface area contributed by atoms with Crippen molar-refractivity contribution in [3.63, 3.8) is 0 Å². The van der Waals surface area contributed by atoms with Crippen LogP contribution >= 0.6 is 24.0 Å². The maximum Gasteiger partial charge on any atom is 0.225 e. The van der Waals surface area contributed by atoms with Crippen molar-refractivity contribution in [2.24, 2.45) is 10.9 Å². The SMILES string of the molecule is CCNC(=NCC(C)N(C)Cc1ccccc1)NC1CCN(C(=O)C(C)C)C1.I. The second kappa shape index (κ2) is 13.1.